The molecule has 0 atom stereocenters. The Morgan fingerprint density at radius 3 is 2.28 bits per heavy atom. The van der Waals surface area contributed by atoms with Gasteiger partial charge in [-0.25, -0.2) is 4.98 Å². The maximum absolute atomic E-state index is 12.5. The van der Waals surface area contributed by atoms with Gasteiger partial charge in [0.1, 0.15) is 0 Å². The minimum Gasteiger partial charge on any atom is -0.289 e. The quantitative estimate of drug-likeness (QED) is 0.188. The predicted octanol–water partition coefficient (Wildman–Crippen LogP) is 7.34. The highest BCUT2D eigenvalue weighted by Crippen LogP contribution is 2.41. The number of allylic oxidation sites excluding steroid dienone is 1. The summed E-state index contributed by atoms with van der Waals surface area (Å²) in [6, 6.07) is 13.3. The van der Waals surface area contributed by atoms with Crippen molar-refractivity contribution in [1.29, 1.82) is 0 Å². The normalized spacial score (nSPS) is 11.4. The van der Waals surface area contributed by atoms with Gasteiger partial charge < -0.3 is 0 Å². The van der Waals surface area contributed by atoms with Crippen LogP contribution in [0.5, 0.6) is 0 Å². The Balaban J connectivity index is 1.87. The van der Waals surface area contributed by atoms with Gasteiger partial charge >= 0.3 is 0 Å². The molecule has 0 N–H and O–H groups in total. The molecule has 3 rings (SSSR count). The third-order valence-corrected chi connectivity index (χ3v) is 6.03. The zero-order valence-electron chi connectivity index (χ0n) is 12.5. The maximum atomic E-state index is 12.5. The number of thioether (sulfide) groups is 1. The summed E-state index contributed by atoms with van der Waals surface area (Å²) in [6.07, 6.45) is 1.46. The van der Waals surface area contributed by atoms with E-state index in [1.165, 1.54) is 6.08 Å². The van der Waals surface area contributed by atoms with Crippen LogP contribution in [0.1, 0.15) is 10.4 Å². The van der Waals surface area contributed by atoms with Crippen LogP contribution < -0.4 is 0 Å². The number of carbonyl (C=O) groups is 1. The number of rotatable bonds is 4. The molecule has 0 radical (unpaired) electrons. The average Bonchev–Trinajstić information content (AvgIpc) is 2.62. The minimum absolute atomic E-state index is 0.0624. The monoisotopic (exact) mass is 427 g/mol. The number of hydrogen-bond donors (Lipinski definition) is 0. The van der Waals surface area contributed by atoms with Crippen LogP contribution in [0.25, 0.3) is 10.8 Å². The first-order valence-electron chi connectivity index (χ1n) is 7.04. The minimum atomic E-state index is -0.122. The first-order valence-corrected chi connectivity index (χ1v) is 9.43. The van der Waals surface area contributed by atoms with Crippen molar-refractivity contribution < 1.29 is 4.79 Å². The summed E-state index contributed by atoms with van der Waals surface area (Å²) in [5.41, 5.74) is 0.623. The van der Waals surface area contributed by atoms with Gasteiger partial charge in [0.2, 0.25) is 0 Å². The second kappa shape index (κ2) is 7.98. The van der Waals surface area contributed by atoms with Gasteiger partial charge in [-0.1, -0.05) is 101 Å². The number of nitrogens with zero attached hydrogens (tertiary/aromatic N) is 1. The fourth-order valence-corrected chi connectivity index (χ4v) is 4.10. The third-order valence-electron chi connectivity index (χ3n) is 3.42. The van der Waals surface area contributed by atoms with Gasteiger partial charge in [0.15, 0.2) is 16.1 Å². The molecule has 126 valence electrons. The van der Waals surface area contributed by atoms with Crippen LogP contribution in [0.4, 0.5) is 0 Å². The first kappa shape index (κ1) is 18.6. The van der Waals surface area contributed by atoms with E-state index in [0.717, 1.165) is 22.5 Å². The van der Waals surface area contributed by atoms with Crippen LogP contribution in [0, 0.1) is 0 Å². The van der Waals surface area contributed by atoms with Gasteiger partial charge in [-0.15, -0.1) is 0 Å². The highest BCUT2D eigenvalue weighted by atomic mass is 35.5. The lowest BCUT2D eigenvalue weighted by Gasteiger charge is -2.06. The molecule has 1 heterocycles. The van der Waals surface area contributed by atoms with E-state index in [-0.39, 0.29) is 26.1 Å². The number of hydrogen-bond acceptors (Lipinski definition) is 3. The molecule has 0 saturated heterocycles. The van der Waals surface area contributed by atoms with Gasteiger partial charge in [0.25, 0.3) is 0 Å². The van der Waals surface area contributed by atoms with E-state index in [0.29, 0.717) is 10.5 Å². The van der Waals surface area contributed by atoms with Gasteiger partial charge in [-0.2, -0.15) is 0 Å². The molecule has 2 aromatic carbocycles. The van der Waals surface area contributed by atoms with E-state index in [1.54, 1.807) is 11.5 Å². The van der Waals surface area contributed by atoms with Crippen LogP contribution >= 0.6 is 58.2 Å². The van der Waals surface area contributed by atoms with Crippen molar-refractivity contribution in [3.8, 4) is 0 Å². The second-order valence-electron chi connectivity index (χ2n) is 4.96. The van der Waals surface area contributed by atoms with Crippen LogP contribution in [0.2, 0.25) is 20.4 Å². The lowest BCUT2D eigenvalue weighted by Crippen LogP contribution is -1.95. The molecule has 0 amide bonds. The Hall–Kier alpha value is -1.23. The second-order valence-corrected chi connectivity index (χ2v) is 7.35. The fraction of sp³-hybridized carbons (Fsp3) is 0. The molecule has 25 heavy (non-hydrogen) atoms. The molecule has 7 heteroatoms. The molecule has 0 unspecified atom stereocenters. The van der Waals surface area contributed by atoms with E-state index in [1.807, 2.05) is 36.4 Å². The molecule has 0 saturated carbocycles. The summed E-state index contributed by atoms with van der Waals surface area (Å²) in [5, 5.41) is 4.03. The van der Waals surface area contributed by atoms with Gasteiger partial charge in [0.05, 0.1) is 14.9 Å². The van der Waals surface area contributed by atoms with Crippen molar-refractivity contribution in [3.05, 3.63) is 79.9 Å². The Morgan fingerprint density at radius 2 is 1.56 bits per heavy atom. The highest BCUT2D eigenvalue weighted by molar-refractivity contribution is 8.02. The van der Waals surface area contributed by atoms with E-state index in [9.17, 15) is 4.79 Å². The van der Waals surface area contributed by atoms with Crippen molar-refractivity contribution in [2.75, 3.05) is 0 Å². The topological polar surface area (TPSA) is 30.0 Å². The Kier molecular flexibility index (Phi) is 5.92. The summed E-state index contributed by atoms with van der Waals surface area (Å²) in [4.78, 5) is 16.8. The number of aromatic nitrogens is 1. The van der Waals surface area contributed by atoms with Crippen LogP contribution in [0.15, 0.2) is 58.8 Å². The smallest absolute Gasteiger partial charge is 0.186 e. The highest BCUT2D eigenvalue weighted by Gasteiger charge is 2.15. The van der Waals surface area contributed by atoms with Crippen LogP contribution in [-0.2, 0) is 0 Å². The molecule has 0 fully saturated rings. The van der Waals surface area contributed by atoms with E-state index >= 15 is 0 Å². The lowest BCUT2D eigenvalue weighted by molar-refractivity contribution is 0.104. The van der Waals surface area contributed by atoms with E-state index in [4.69, 9.17) is 46.4 Å². The van der Waals surface area contributed by atoms with Crippen molar-refractivity contribution in [3.63, 3.8) is 0 Å². The molecule has 2 nitrogen and oxygen atoms in total. The Morgan fingerprint density at radius 1 is 0.920 bits per heavy atom. The summed E-state index contributed by atoms with van der Waals surface area (Å²) < 4.78 is 0. The van der Waals surface area contributed by atoms with Crippen molar-refractivity contribution in [2.24, 2.45) is 0 Å². The molecule has 0 aliphatic rings. The molecule has 3 aromatic rings. The predicted molar refractivity (Wildman–Crippen MR) is 108 cm³/mol. The number of pyridine rings is 1. The Labute approximate surface area is 168 Å². The molecule has 0 aliphatic carbocycles. The number of fused-ring (bicyclic) bond motifs is 1. The largest absolute Gasteiger partial charge is 0.289 e. The van der Waals surface area contributed by atoms with E-state index < -0.39 is 0 Å². The molecule has 1 aromatic heterocycles. The van der Waals surface area contributed by atoms with E-state index in [2.05, 4.69) is 4.98 Å². The maximum Gasteiger partial charge on any atom is 0.186 e. The van der Waals surface area contributed by atoms with Gasteiger partial charge in [-0.05, 0) is 22.3 Å². The number of benzene rings is 2. The zero-order valence-corrected chi connectivity index (χ0v) is 16.3. The van der Waals surface area contributed by atoms with Crippen LogP contribution in [-0.4, -0.2) is 10.8 Å². The van der Waals surface area contributed by atoms with Crippen molar-refractivity contribution in [2.45, 2.75) is 4.90 Å². The summed E-state index contributed by atoms with van der Waals surface area (Å²) in [7, 11) is 0. The van der Waals surface area contributed by atoms with Crippen molar-refractivity contribution >= 4 is 74.7 Å². The third kappa shape index (κ3) is 3.97. The molecule has 0 spiro atoms. The zero-order chi connectivity index (χ0) is 18.0. The SMILES string of the molecule is O=C(/C=C/Sc1c(Cl)c(Cl)nc(Cl)c1Cl)c1cccc2ccccc12. The van der Waals surface area contributed by atoms with Gasteiger partial charge in [0, 0.05) is 5.56 Å². The molecule has 0 bridgehead atoms. The summed E-state index contributed by atoms with van der Waals surface area (Å²) in [5.74, 6) is -0.122. The Bertz CT molecular complexity index is 972. The molecular formula is C18H9Cl4NOS. The lowest BCUT2D eigenvalue weighted by atomic mass is 10.0. The fourth-order valence-electron chi connectivity index (χ4n) is 2.27. The summed E-state index contributed by atoms with van der Waals surface area (Å²) in [6.45, 7) is 0. The molecule has 0 aliphatic heterocycles. The molecular weight excluding hydrogens is 420 g/mol. The number of ketones is 1. The van der Waals surface area contributed by atoms with Gasteiger partial charge in [-0.3, -0.25) is 4.79 Å². The standard InChI is InChI=1S/C18H9Cl4NOS/c19-14-16(15(20)18(22)23-17(14)21)25-9-8-13(24)12-7-3-5-10-4-1-2-6-11(10)12/h1-9H/b9-8+. The van der Waals surface area contributed by atoms with Crippen molar-refractivity contribution in [1.82, 2.24) is 4.98 Å². The first-order chi connectivity index (χ1) is 12.0. The van der Waals surface area contributed by atoms with Crippen LogP contribution in [0.3, 0.4) is 0 Å². The average molecular weight is 429 g/mol. The number of halogens is 4. The number of carbonyl (C=O) groups excluding carboxylic acids is 1. The summed E-state index contributed by atoms with van der Waals surface area (Å²) >= 11 is 25.2.